The summed E-state index contributed by atoms with van der Waals surface area (Å²) < 4.78 is 72.5. The van der Waals surface area contributed by atoms with Gasteiger partial charge in [0.15, 0.2) is 6.61 Å². The fourth-order valence-corrected chi connectivity index (χ4v) is 4.73. The molecule has 0 aliphatic heterocycles. The SMILES string of the molecule is NC(=O)COc1ccc(/C=N\NC(=O)CN(c2ccc(Cl)c(C(F)(F)F)c2)S(=O)(=O)c2ccccc2)cc1. The van der Waals surface area contributed by atoms with Crippen molar-refractivity contribution in [3.05, 3.63) is 88.9 Å². The Balaban J connectivity index is 1.82. The van der Waals surface area contributed by atoms with Crippen LogP contribution >= 0.6 is 11.6 Å². The van der Waals surface area contributed by atoms with E-state index >= 15 is 0 Å². The highest BCUT2D eigenvalue weighted by Gasteiger charge is 2.35. The quantitative estimate of drug-likeness (QED) is 0.285. The second-order valence-electron chi connectivity index (χ2n) is 7.60. The van der Waals surface area contributed by atoms with Crippen LogP contribution in [0.15, 0.2) is 82.8 Å². The average molecular weight is 569 g/mol. The maximum atomic E-state index is 13.4. The minimum Gasteiger partial charge on any atom is -0.484 e. The molecular weight excluding hydrogens is 549 g/mol. The molecule has 2 amide bonds. The number of primary amides is 1. The van der Waals surface area contributed by atoms with E-state index in [1.165, 1.54) is 42.6 Å². The molecule has 0 heterocycles. The summed E-state index contributed by atoms with van der Waals surface area (Å²) in [5, 5.41) is 3.13. The Kier molecular flexibility index (Phi) is 8.96. The van der Waals surface area contributed by atoms with Crippen molar-refractivity contribution in [1.29, 1.82) is 0 Å². The van der Waals surface area contributed by atoms with Crippen molar-refractivity contribution >= 4 is 45.3 Å². The second-order valence-corrected chi connectivity index (χ2v) is 9.87. The number of alkyl halides is 3. The molecule has 0 spiro atoms. The van der Waals surface area contributed by atoms with Crippen LogP contribution in [0.1, 0.15) is 11.1 Å². The van der Waals surface area contributed by atoms with Gasteiger partial charge in [-0.3, -0.25) is 13.9 Å². The molecule has 3 rings (SSSR count). The molecule has 9 nitrogen and oxygen atoms in total. The molecule has 3 N–H and O–H groups in total. The summed E-state index contributed by atoms with van der Waals surface area (Å²) in [5.74, 6) is -1.20. The number of nitrogens with zero attached hydrogens (tertiary/aromatic N) is 2. The van der Waals surface area contributed by atoms with Crippen LogP contribution in [-0.2, 0) is 25.8 Å². The fourth-order valence-electron chi connectivity index (χ4n) is 3.07. The number of amides is 2. The van der Waals surface area contributed by atoms with Crippen LogP contribution in [0.25, 0.3) is 0 Å². The van der Waals surface area contributed by atoms with Gasteiger partial charge in [0.05, 0.1) is 27.4 Å². The Morgan fingerprint density at radius 2 is 1.71 bits per heavy atom. The summed E-state index contributed by atoms with van der Waals surface area (Å²) in [5.41, 5.74) is 5.99. The third-order valence-electron chi connectivity index (χ3n) is 4.83. The van der Waals surface area contributed by atoms with Gasteiger partial charge in [0.1, 0.15) is 12.3 Å². The normalized spacial score (nSPS) is 11.8. The Hall–Kier alpha value is -4.10. The molecule has 0 fully saturated rings. The van der Waals surface area contributed by atoms with Gasteiger partial charge in [-0.25, -0.2) is 13.8 Å². The number of ether oxygens (including phenoxy) is 1. The molecule has 0 aliphatic rings. The molecule has 0 saturated heterocycles. The van der Waals surface area contributed by atoms with Gasteiger partial charge in [-0.1, -0.05) is 29.8 Å². The summed E-state index contributed by atoms with van der Waals surface area (Å²) in [6.45, 7) is -1.18. The fraction of sp³-hybridized carbons (Fsp3) is 0.125. The second kappa shape index (κ2) is 12.0. The van der Waals surface area contributed by atoms with Crippen molar-refractivity contribution < 1.29 is 35.9 Å². The molecule has 3 aromatic rings. The molecule has 200 valence electrons. The van der Waals surface area contributed by atoms with Gasteiger partial charge in [-0.15, -0.1) is 0 Å². The first-order valence-corrected chi connectivity index (χ1v) is 12.5. The lowest BCUT2D eigenvalue weighted by Gasteiger charge is -2.24. The minimum absolute atomic E-state index is 0.238. The number of hydrogen-bond acceptors (Lipinski definition) is 6. The van der Waals surface area contributed by atoms with Crippen LogP contribution in [0, 0.1) is 0 Å². The number of hydrazone groups is 1. The van der Waals surface area contributed by atoms with Crippen molar-refractivity contribution in [2.45, 2.75) is 11.1 Å². The van der Waals surface area contributed by atoms with Gasteiger partial charge in [0.25, 0.3) is 21.8 Å². The number of rotatable bonds is 10. The summed E-state index contributed by atoms with van der Waals surface area (Å²) in [4.78, 5) is 23.1. The van der Waals surface area contributed by atoms with Gasteiger partial charge in [-0.2, -0.15) is 18.3 Å². The molecule has 0 saturated carbocycles. The first-order chi connectivity index (χ1) is 17.9. The molecule has 0 unspecified atom stereocenters. The third kappa shape index (κ3) is 7.46. The molecule has 0 radical (unpaired) electrons. The molecule has 0 aliphatic carbocycles. The van der Waals surface area contributed by atoms with Crippen LogP contribution < -0.4 is 20.2 Å². The number of carbonyl (C=O) groups excluding carboxylic acids is 2. The number of carbonyl (C=O) groups is 2. The molecule has 0 atom stereocenters. The lowest BCUT2D eigenvalue weighted by molar-refractivity contribution is -0.137. The van der Waals surface area contributed by atoms with Crippen LogP contribution in [0.2, 0.25) is 5.02 Å². The zero-order chi connectivity index (χ0) is 27.9. The Morgan fingerprint density at radius 1 is 1.05 bits per heavy atom. The molecule has 3 aromatic carbocycles. The first kappa shape index (κ1) is 28.5. The zero-order valence-electron chi connectivity index (χ0n) is 19.4. The van der Waals surface area contributed by atoms with Crippen molar-refractivity contribution in [1.82, 2.24) is 5.43 Å². The van der Waals surface area contributed by atoms with E-state index in [0.29, 0.717) is 21.7 Å². The van der Waals surface area contributed by atoms with E-state index < -0.39 is 50.8 Å². The molecule has 14 heteroatoms. The predicted octanol–water partition coefficient (Wildman–Crippen LogP) is 3.57. The number of sulfonamides is 1. The van der Waals surface area contributed by atoms with Gasteiger partial charge < -0.3 is 10.5 Å². The largest absolute Gasteiger partial charge is 0.484 e. The van der Waals surface area contributed by atoms with Gasteiger partial charge in [0.2, 0.25) is 0 Å². The summed E-state index contributed by atoms with van der Waals surface area (Å²) in [6.07, 6.45) is -3.61. The number of nitrogens with two attached hydrogens (primary N) is 1. The van der Waals surface area contributed by atoms with Gasteiger partial charge >= 0.3 is 6.18 Å². The van der Waals surface area contributed by atoms with Gasteiger partial charge in [0, 0.05) is 0 Å². The number of hydrogen-bond donors (Lipinski definition) is 2. The summed E-state index contributed by atoms with van der Waals surface area (Å²) >= 11 is 5.68. The maximum Gasteiger partial charge on any atom is 0.417 e. The monoisotopic (exact) mass is 568 g/mol. The Bertz CT molecular complexity index is 1430. The van der Waals surface area contributed by atoms with E-state index in [4.69, 9.17) is 22.1 Å². The molecular formula is C24H20ClF3N4O5S. The standard InChI is InChI=1S/C24H20ClF3N4O5S/c25-21-11-8-17(12-20(21)24(26,27)28)32(38(35,36)19-4-2-1-3-5-19)14-23(34)31-30-13-16-6-9-18(10-7-16)37-15-22(29)33/h1-13H,14-15H2,(H2,29,33)(H,31,34)/b30-13-. The number of nitrogens with one attached hydrogen (secondary N) is 1. The van der Waals surface area contributed by atoms with Crippen LogP contribution in [0.5, 0.6) is 5.75 Å². The van der Waals surface area contributed by atoms with Crippen LogP contribution in [-0.4, -0.2) is 39.6 Å². The first-order valence-electron chi connectivity index (χ1n) is 10.7. The molecule has 0 bridgehead atoms. The highest BCUT2D eigenvalue weighted by molar-refractivity contribution is 7.92. The van der Waals surface area contributed by atoms with Crippen molar-refractivity contribution in [2.24, 2.45) is 10.8 Å². The number of halogens is 4. The number of benzene rings is 3. The van der Waals surface area contributed by atoms with E-state index in [2.05, 4.69) is 10.5 Å². The average Bonchev–Trinajstić information content (AvgIpc) is 2.87. The van der Waals surface area contributed by atoms with E-state index in [-0.39, 0.29) is 11.5 Å². The molecule has 0 aromatic heterocycles. The van der Waals surface area contributed by atoms with Crippen molar-refractivity contribution in [3.63, 3.8) is 0 Å². The van der Waals surface area contributed by atoms with Crippen LogP contribution in [0.4, 0.5) is 18.9 Å². The van der Waals surface area contributed by atoms with E-state index in [9.17, 15) is 31.2 Å². The van der Waals surface area contributed by atoms with Gasteiger partial charge in [-0.05, 0) is 60.2 Å². The number of anilines is 1. The lowest BCUT2D eigenvalue weighted by atomic mass is 10.2. The minimum atomic E-state index is -4.86. The predicted molar refractivity (Wildman–Crippen MR) is 134 cm³/mol. The lowest BCUT2D eigenvalue weighted by Crippen LogP contribution is -2.39. The maximum absolute atomic E-state index is 13.4. The van der Waals surface area contributed by atoms with E-state index in [0.717, 1.165) is 12.1 Å². The van der Waals surface area contributed by atoms with Crippen molar-refractivity contribution in [3.8, 4) is 5.75 Å². The Labute approximate surface area is 220 Å². The summed E-state index contributed by atoms with van der Waals surface area (Å²) in [6, 6.07) is 15.6. The van der Waals surface area contributed by atoms with Crippen LogP contribution in [0.3, 0.4) is 0 Å². The third-order valence-corrected chi connectivity index (χ3v) is 6.94. The molecule has 38 heavy (non-hydrogen) atoms. The van der Waals surface area contributed by atoms with E-state index in [1.807, 2.05) is 0 Å². The summed E-state index contributed by atoms with van der Waals surface area (Å²) in [7, 11) is -4.45. The highest BCUT2D eigenvalue weighted by Crippen LogP contribution is 2.38. The Morgan fingerprint density at radius 3 is 2.32 bits per heavy atom. The van der Waals surface area contributed by atoms with Crippen molar-refractivity contribution in [2.75, 3.05) is 17.5 Å². The topological polar surface area (TPSA) is 131 Å². The smallest absolute Gasteiger partial charge is 0.417 e. The highest BCUT2D eigenvalue weighted by atomic mass is 35.5. The zero-order valence-corrected chi connectivity index (χ0v) is 20.9. The van der Waals surface area contributed by atoms with E-state index in [1.54, 1.807) is 18.2 Å².